The summed E-state index contributed by atoms with van der Waals surface area (Å²) >= 11 is 0. The summed E-state index contributed by atoms with van der Waals surface area (Å²) in [4.78, 5) is 0. The Morgan fingerprint density at radius 3 is 2.03 bits per heavy atom. The van der Waals surface area contributed by atoms with E-state index in [1.807, 2.05) is 13.0 Å². The molecule has 2 saturated carbocycles. The van der Waals surface area contributed by atoms with Crippen LogP contribution in [-0.4, -0.2) is 0 Å². The van der Waals surface area contributed by atoms with Gasteiger partial charge in [-0.15, -0.1) is 0 Å². The summed E-state index contributed by atoms with van der Waals surface area (Å²) in [5.41, 5.74) is 1.35. The van der Waals surface area contributed by atoms with Crippen LogP contribution in [0.25, 0.3) is 17.2 Å². The van der Waals surface area contributed by atoms with Crippen LogP contribution in [0.15, 0.2) is 18.2 Å². The third-order valence-corrected chi connectivity index (χ3v) is 8.51. The molecule has 0 amide bonds. The Balaban J connectivity index is 1.34. The minimum Gasteiger partial charge on any atom is -0.203 e. The molecule has 0 heterocycles. The van der Waals surface area contributed by atoms with Crippen LogP contribution in [-0.2, 0) is 12.8 Å². The molecule has 3 aliphatic rings. The van der Waals surface area contributed by atoms with Crippen LogP contribution >= 0.6 is 0 Å². The van der Waals surface area contributed by atoms with E-state index in [-0.39, 0.29) is 16.7 Å². The predicted octanol–water partition coefficient (Wildman–Crippen LogP) is 9.17. The molecular weight excluding hydrogens is 436 g/mol. The highest BCUT2D eigenvalue weighted by atomic mass is 19.2. The summed E-state index contributed by atoms with van der Waals surface area (Å²) < 4.78 is 59.5. The van der Waals surface area contributed by atoms with E-state index in [1.165, 1.54) is 44.9 Å². The lowest BCUT2D eigenvalue weighted by Crippen LogP contribution is -2.23. The van der Waals surface area contributed by atoms with Gasteiger partial charge in [-0.3, -0.25) is 0 Å². The standard InChI is InChI=1S/C30H34F4/c1-2-6-21-15-23-17-24-16-22(28(32)30(34)26(24)25(23)29(33)27(21)31)14-11-18-9-12-20(13-10-18)19-7-4-3-5-8-19/h11,14-16,18-20H,2-10,12-13,17H2,1H3/b14-11+. The highest BCUT2D eigenvalue weighted by Crippen LogP contribution is 2.44. The summed E-state index contributed by atoms with van der Waals surface area (Å²) in [7, 11) is 0. The molecular formula is C30H34F4. The van der Waals surface area contributed by atoms with E-state index in [0.717, 1.165) is 24.7 Å². The lowest BCUT2D eigenvalue weighted by atomic mass is 9.71. The fourth-order valence-electron chi connectivity index (χ4n) is 6.69. The van der Waals surface area contributed by atoms with Gasteiger partial charge in [-0.05, 0) is 79.0 Å². The topological polar surface area (TPSA) is 0 Å². The van der Waals surface area contributed by atoms with Gasteiger partial charge in [0.25, 0.3) is 0 Å². The monoisotopic (exact) mass is 470 g/mol. The van der Waals surface area contributed by atoms with Crippen molar-refractivity contribution in [1.82, 2.24) is 0 Å². The molecule has 0 saturated heterocycles. The number of hydrogen-bond donors (Lipinski definition) is 0. The smallest absolute Gasteiger partial charge is 0.167 e. The number of allylic oxidation sites excluding steroid dienone is 1. The second-order valence-corrected chi connectivity index (χ2v) is 10.7. The Morgan fingerprint density at radius 2 is 1.35 bits per heavy atom. The molecule has 5 rings (SSSR count). The van der Waals surface area contributed by atoms with Gasteiger partial charge in [0, 0.05) is 16.7 Å². The molecule has 4 heteroatoms. The van der Waals surface area contributed by atoms with Gasteiger partial charge < -0.3 is 0 Å². The SMILES string of the molecule is CCCc1cc2c(c(F)c1F)-c1c(cc(/C=C/C3CCC(C4CCCCC4)CC3)c(F)c1F)C2. The van der Waals surface area contributed by atoms with E-state index >= 15 is 4.39 Å². The molecule has 2 aromatic rings. The van der Waals surface area contributed by atoms with Crippen LogP contribution < -0.4 is 0 Å². The number of halogens is 4. The van der Waals surface area contributed by atoms with E-state index in [9.17, 15) is 13.2 Å². The maximum absolute atomic E-state index is 15.1. The van der Waals surface area contributed by atoms with Gasteiger partial charge in [0.15, 0.2) is 23.3 Å². The van der Waals surface area contributed by atoms with Crippen LogP contribution in [0.3, 0.4) is 0 Å². The Labute approximate surface area is 200 Å². The first-order chi connectivity index (χ1) is 16.5. The Morgan fingerprint density at radius 1 is 0.735 bits per heavy atom. The summed E-state index contributed by atoms with van der Waals surface area (Å²) in [6.07, 6.45) is 16.6. The number of aryl methyl sites for hydroxylation is 1. The first kappa shape index (κ1) is 23.6. The second kappa shape index (κ2) is 9.87. The van der Waals surface area contributed by atoms with Gasteiger partial charge in [0.2, 0.25) is 0 Å². The van der Waals surface area contributed by atoms with Gasteiger partial charge in [-0.1, -0.05) is 63.7 Å². The summed E-state index contributed by atoms with van der Waals surface area (Å²) in [5.74, 6) is -1.96. The number of hydrogen-bond acceptors (Lipinski definition) is 0. The Bertz CT molecular complexity index is 1090. The van der Waals surface area contributed by atoms with Crippen molar-refractivity contribution in [3.05, 3.63) is 63.7 Å². The number of fused-ring (bicyclic) bond motifs is 3. The van der Waals surface area contributed by atoms with Crippen LogP contribution in [0.4, 0.5) is 17.6 Å². The van der Waals surface area contributed by atoms with Crippen molar-refractivity contribution in [2.75, 3.05) is 0 Å². The average Bonchev–Trinajstić information content (AvgIpc) is 3.23. The van der Waals surface area contributed by atoms with E-state index in [2.05, 4.69) is 0 Å². The van der Waals surface area contributed by atoms with E-state index in [4.69, 9.17) is 0 Å². The fourth-order valence-corrected chi connectivity index (χ4v) is 6.69. The van der Waals surface area contributed by atoms with Gasteiger partial charge in [-0.2, -0.15) is 0 Å². The second-order valence-electron chi connectivity index (χ2n) is 10.7. The quantitative estimate of drug-likeness (QED) is 0.326. The van der Waals surface area contributed by atoms with Crippen molar-refractivity contribution in [3.8, 4) is 11.1 Å². The molecule has 34 heavy (non-hydrogen) atoms. The summed E-state index contributed by atoms with van der Waals surface area (Å²) in [6.45, 7) is 1.90. The van der Waals surface area contributed by atoms with Crippen molar-refractivity contribution in [2.24, 2.45) is 17.8 Å². The van der Waals surface area contributed by atoms with Crippen LogP contribution in [0, 0.1) is 41.0 Å². The molecule has 0 atom stereocenters. The largest absolute Gasteiger partial charge is 0.203 e. The van der Waals surface area contributed by atoms with E-state index in [1.54, 1.807) is 18.2 Å². The first-order valence-electron chi connectivity index (χ1n) is 13.2. The van der Waals surface area contributed by atoms with Crippen LogP contribution in [0.2, 0.25) is 0 Å². The molecule has 0 spiro atoms. The maximum Gasteiger partial charge on any atom is 0.167 e. The normalized spacial score (nSPS) is 22.9. The highest BCUT2D eigenvalue weighted by molar-refractivity contribution is 5.80. The zero-order valence-corrected chi connectivity index (χ0v) is 20.0. The third kappa shape index (κ3) is 4.33. The van der Waals surface area contributed by atoms with Crippen molar-refractivity contribution >= 4 is 6.08 Å². The van der Waals surface area contributed by atoms with E-state index in [0.29, 0.717) is 41.9 Å². The Kier molecular flexibility index (Phi) is 6.86. The third-order valence-electron chi connectivity index (χ3n) is 8.51. The van der Waals surface area contributed by atoms with E-state index < -0.39 is 23.3 Å². The zero-order valence-electron chi connectivity index (χ0n) is 20.0. The molecule has 0 unspecified atom stereocenters. The lowest BCUT2D eigenvalue weighted by Gasteiger charge is -2.35. The van der Waals surface area contributed by atoms with Gasteiger partial charge >= 0.3 is 0 Å². The average molecular weight is 471 g/mol. The lowest BCUT2D eigenvalue weighted by molar-refractivity contribution is 0.180. The highest BCUT2D eigenvalue weighted by Gasteiger charge is 2.32. The molecule has 0 aromatic heterocycles. The number of rotatable bonds is 5. The molecule has 0 radical (unpaired) electrons. The zero-order chi connectivity index (χ0) is 23.8. The van der Waals surface area contributed by atoms with Gasteiger partial charge in [0.1, 0.15) is 0 Å². The molecule has 182 valence electrons. The maximum atomic E-state index is 15.1. The van der Waals surface area contributed by atoms with Crippen LogP contribution in [0.5, 0.6) is 0 Å². The molecule has 0 bridgehead atoms. The molecule has 2 aromatic carbocycles. The van der Waals surface area contributed by atoms with Gasteiger partial charge in [-0.25, -0.2) is 17.6 Å². The van der Waals surface area contributed by atoms with Crippen molar-refractivity contribution in [1.29, 1.82) is 0 Å². The van der Waals surface area contributed by atoms with Gasteiger partial charge in [0.05, 0.1) is 0 Å². The van der Waals surface area contributed by atoms with Crippen molar-refractivity contribution in [2.45, 2.75) is 84.0 Å². The van der Waals surface area contributed by atoms with Crippen LogP contribution in [0.1, 0.15) is 93.4 Å². The summed E-state index contributed by atoms with van der Waals surface area (Å²) in [5, 5.41) is 0. The Hall–Kier alpha value is -2.10. The van der Waals surface area contributed by atoms with Crippen molar-refractivity contribution in [3.63, 3.8) is 0 Å². The molecule has 3 aliphatic carbocycles. The number of benzene rings is 2. The molecule has 2 fully saturated rings. The molecule has 0 nitrogen and oxygen atoms in total. The van der Waals surface area contributed by atoms with Crippen molar-refractivity contribution < 1.29 is 17.6 Å². The first-order valence-corrected chi connectivity index (χ1v) is 13.2. The summed E-state index contributed by atoms with van der Waals surface area (Å²) in [6, 6.07) is 3.24. The minimum absolute atomic E-state index is 0.111. The predicted molar refractivity (Wildman–Crippen MR) is 130 cm³/mol. The fraction of sp³-hybridized carbons (Fsp3) is 0.533. The molecule has 0 aliphatic heterocycles. The minimum atomic E-state index is -1.07. The molecule has 0 N–H and O–H groups in total.